The number of hydrogen-bond donors (Lipinski definition) is 2. The zero-order valence-corrected chi connectivity index (χ0v) is 26.3. The van der Waals surface area contributed by atoms with E-state index in [4.69, 9.17) is 10.2 Å². The number of anilines is 3. The lowest BCUT2D eigenvalue weighted by molar-refractivity contribution is 0.0826. The van der Waals surface area contributed by atoms with Gasteiger partial charge in [-0.2, -0.15) is 4.98 Å². The maximum atomic E-state index is 15.6. The van der Waals surface area contributed by atoms with E-state index in [2.05, 4.69) is 57.6 Å². The molecule has 11 heteroatoms. The third-order valence-corrected chi connectivity index (χ3v) is 9.94. The molecular formula is C32H36BrFN8O. The predicted octanol–water partition coefficient (Wildman–Crippen LogP) is 6.81. The quantitative estimate of drug-likeness (QED) is 0.215. The molecule has 4 heterocycles. The highest BCUT2D eigenvalue weighted by Gasteiger charge is 2.32. The number of aromatic nitrogens is 4. The Kier molecular flexibility index (Phi) is 7.35. The van der Waals surface area contributed by atoms with Crippen LogP contribution in [0.15, 0.2) is 45.7 Å². The van der Waals surface area contributed by atoms with Crippen molar-refractivity contribution in [2.45, 2.75) is 51.6 Å². The number of benzene rings is 2. The minimum atomic E-state index is -0.427. The molecule has 0 unspecified atom stereocenters. The first-order chi connectivity index (χ1) is 20.8. The largest absolute Gasteiger partial charge is 0.423 e. The molecule has 7 rings (SSSR count). The average molecular weight is 648 g/mol. The normalized spacial score (nSPS) is 20.3. The fraction of sp³-hybridized carbons (Fsp3) is 0.406. The molecule has 9 nitrogen and oxygen atoms in total. The van der Waals surface area contributed by atoms with Gasteiger partial charge in [-0.15, -0.1) is 0 Å². The molecule has 1 aliphatic carbocycles. The van der Waals surface area contributed by atoms with Gasteiger partial charge in [0.1, 0.15) is 29.1 Å². The van der Waals surface area contributed by atoms with E-state index in [1.54, 1.807) is 6.07 Å². The van der Waals surface area contributed by atoms with Gasteiger partial charge in [-0.25, -0.2) is 14.4 Å². The van der Waals surface area contributed by atoms with Crippen LogP contribution in [-0.2, 0) is 0 Å². The number of nitrogen functional groups attached to an aromatic ring is 1. The Bertz CT molecular complexity index is 1820. The van der Waals surface area contributed by atoms with Gasteiger partial charge in [0, 0.05) is 43.8 Å². The molecular weight excluding hydrogens is 611 g/mol. The van der Waals surface area contributed by atoms with E-state index < -0.39 is 5.82 Å². The molecule has 1 aliphatic heterocycles. The maximum absolute atomic E-state index is 15.6. The van der Waals surface area contributed by atoms with Gasteiger partial charge < -0.3 is 24.9 Å². The molecule has 0 amide bonds. The molecule has 2 aromatic carbocycles. The first kappa shape index (κ1) is 28.2. The highest BCUT2D eigenvalue weighted by atomic mass is 79.9. The minimum absolute atomic E-state index is 0.248. The van der Waals surface area contributed by atoms with Gasteiger partial charge >= 0.3 is 0 Å². The smallest absolute Gasteiger partial charge is 0.300 e. The first-order valence-electron chi connectivity index (χ1n) is 14.9. The Morgan fingerprint density at radius 2 is 1.74 bits per heavy atom. The van der Waals surface area contributed by atoms with Crippen LogP contribution in [0.4, 0.5) is 21.9 Å². The van der Waals surface area contributed by atoms with Crippen molar-refractivity contribution in [3.05, 3.63) is 58.2 Å². The summed E-state index contributed by atoms with van der Waals surface area (Å²) in [5.41, 5.74) is 12.5. The number of likely N-dealkylation sites (N-methyl/N-ethyl adjacent to an activating group) is 1. The molecule has 0 radical (unpaired) electrons. The Balaban J connectivity index is 1.18. The maximum Gasteiger partial charge on any atom is 0.300 e. The predicted molar refractivity (Wildman–Crippen MR) is 172 cm³/mol. The summed E-state index contributed by atoms with van der Waals surface area (Å²) in [6.07, 6.45) is 5.88. The summed E-state index contributed by atoms with van der Waals surface area (Å²) in [6, 6.07) is 10.2. The van der Waals surface area contributed by atoms with E-state index >= 15 is 4.39 Å². The molecule has 3 aromatic heterocycles. The van der Waals surface area contributed by atoms with Crippen molar-refractivity contribution in [1.82, 2.24) is 29.3 Å². The van der Waals surface area contributed by atoms with E-state index in [0.29, 0.717) is 23.0 Å². The van der Waals surface area contributed by atoms with Gasteiger partial charge in [0.05, 0.1) is 15.7 Å². The second kappa shape index (κ2) is 11.2. The van der Waals surface area contributed by atoms with Crippen molar-refractivity contribution < 1.29 is 8.81 Å². The fourth-order valence-corrected chi connectivity index (χ4v) is 7.80. The number of rotatable bonds is 5. The number of aryl methyl sites for hydroxylation is 2. The van der Waals surface area contributed by atoms with Crippen LogP contribution >= 0.6 is 15.9 Å². The number of nitrogens with one attached hydrogen (secondary N) is 1. The molecule has 2 aliphatic rings. The number of fused-ring (bicyclic) bond motifs is 2. The summed E-state index contributed by atoms with van der Waals surface area (Å²) in [5.74, 6) is -0.0473. The van der Waals surface area contributed by atoms with Crippen LogP contribution in [0.2, 0.25) is 0 Å². The molecule has 3 N–H and O–H groups in total. The lowest BCUT2D eigenvalue weighted by Crippen LogP contribution is -2.49. The topological polar surface area (TPSA) is 101 Å². The van der Waals surface area contributed by atoms with Gasteiger partial charge in [0.2, 0.25) is 0 Å². The standard InChI is InChI=1S/C32H36BrFN8O/c1-18-14-19(2)28-25(15-18)39-32(43-28)38-24-9-4-20(16-23(24)34)26-27-30(35)36-17-37-31(27)42(29(26)33)22-7-5-21(6-8-22)41-12-10-40(3)11-13-41/h4,9,14-17,21-22H,5-8,10-13H2,1-3H3,(H,38,39)(H2,35,36,37). The van der Waals surface area contributed by atoms with Gasteiger partial charge in [-0.05, 0) is 97.4 Å². The molecule has 43 heavy (non-hydrogen) atoms. The van der Waals surface area contributed by atoms with E-state index in [1.807, 2.05) is 32.0 Å². The first-order valence-corrected chi connectivity index (χ1v) is 15.7. The van der Waals surface area contributed by atoms with Crippen molar-refractivity contribution >= 4 is 55.6 Å². The van der Waals surface area contributed by atoms with E-state index in [9.17, 15) is 0 Å². The zero-order valence-electron chi connectivity index (χ0n) is 24.7. The number of nitrogens with zero attached hydrogens (tertiary/aromatic N) is 6. The van der Waals surface area contributed by atoms with Crippen LogP contribution in [0.1, 0.15) is 42.9 Å². The second-order valence-corrected chi connectivity index (χ2v) is 12.8. The fourth-order valence-electron chi connectivity index (χ4n) is 6.91. The van der Waals surface area contributed by atoms with Gasteiger partial charge in [-0.1, -0.05) is 12.1 Å². The molecule has 2 fully saturated rings. The Morgan fingerprint density at radius 3 is 2.49 bits per heavy atom. The van der Waals surface area contributed by atoms with Crippen LogP contribution in [0.25, 0.3) is 33.3 Å². The van der Waals surface area contributed by atoms with E-state index in [1.165, 1.54) is 12.4 Å². The third-order valence-electron chi connectivity index (χ3n) is 9.16. The molecule has 0 spiro atoms. The highest BCUT2D eigenvalue weighted by molar-refractivity contribution is 9.10. The Hall–Kier alpha value is -3.54. The second-order valence-electron chi connectivity index (χ2n) is 12.1. The third kappa shape index (κ3) is 5.17. The molecule has 1 saturated carbocycles. The Morgan fingerprint density at radius 1 is 1.00 bits per heavy atom. The average Bonchev–Trinajstić information content (AvgIpc) is 3.53. The van der Waals surface area contributed by atoms with Crippen molar-refractivity contribution in [1.29, 1.82) is 0 Å². The highest BCUT2D eigenvalue weighted by Crippen LogP contribution is 2.45. The Labute approximate surface area is 258 Å². The monoisotopic (exact) mass is 646 g/mol. The van der Waals surface area contributed by atoms with Gasteiger partial charge in [0.25, 0.3) is 6.01 Å². The molecule has 0 bridgehead atoms. The van der Waals surface area contributed by atoms with Gasteiger partial charge in [0.15, 0.2) is 5.58 Å². The number of hydrogen-bond acceptors (Lipinski definition) is 8. The van der Waals surface area contributed by atoms with Crippen molar-refractivity contribution in [3.8, 4) is 11.1 Å². The number of piperazine rings is 1. The van der Waals surface area contributed by atoms with Crippen LogP contribution in [0.3, 0.4) is 0 Å². The summed E-state index contributed by atoms with van der Waals surface area (Å²) >= 11 is 3.89. The number of halogens is 2. The van der Waals surface area contributed by atoms with Crippen molar-refractivity contribution in [2.75, 3.05) is 44.3 Å². The number of oxazole rings is 1. The summed E-state index contributed by atoms with van der Waals surface area (Å²) in [6.45, 7) is 8.52. The molecule has 224 valence electrons. The van der Waals surface area contributed by atoms with Crippen molar-refractivity contribution in [2.24, 2.45) is 0 Å². The van der Waals surface area contributed by atoms with Crippen molar-refractivity contribution in [3.63, 3.8) is 0 Å². The minimum Gasteiger partial charge on any atom is -0.423 e. The van der Waals surface area contributed by atoms with Crippen LogP contribution < -0.4 is 11.1 Å². The lowest BCUT2D eigenvalue weighted by Gasteiger charge is -2.41. The van der Waals surface area contributed by atoms with E-state index in [-0.39, 0.29) is 17.7 Å². The molecule has 1 saturated heterocycles. The van der Waals surface area contributed by atoms with Crippen LogP contribution in [-0.4, -0.2) is 68.6 Å². The van der Waals surface area contributed by atoms with Crippen LogP contribution in [0.5, 0.6) is 0 Å². The summed E-state index contributed by atoms with van der Waals surface area (Å²) in [7, 11) is 2.20. The van der Waals surface area contributed by atoms with Crippen LogP contribution in [0, 0.1) is 19.7 Å². The molecule has 0 atom stereocenters. The molecule has 5 aromatic rings. The zero-order chi connectivity index (χ0) is 29.8. The number of nitrogens with two attached hydrogens (primary N) is 1. The lowest BCUT2D eigenvalue weighted by atomic mass is 9.89. The SMILES string of the molecule is Cc1cc(C)c2oc(Nc3ccc(-c4c(Br)n(C5CCC(N6CCN(C)CC6)CC5)c5ncnc(N)c45)cc3F)nc2c1. The van der Waals surface area contributed by atoms with Gasteiger partial charge in [-0.3, -0.25) is 4.90 Å². The summed E-state index contributed by atoms with van der Waals surface area (Å²) < 4.78 is 24.6. The van der Waals surface area contributed by atoms with E-state index in [0.717, 1.165) is 89.7 Å². The summed E-state index contributed by atoms with van der Waals surface area (Å²) in [4.78, 5) is 18.5. The summed E-state index contributed by atoms with van der Waals surface area (Å²) in [5, 5.41) is 3.75.